The molecule has 22 nitrogen and oxygen atoms in total. The molecule has 0 aliphatic carbocycles. The number of Topliss-reactive ketones (excluding diaryl/α,β-unsaturated/α-hetero) is 3. The van der Waals surface area contributed by atoms with Gasteiger partial charge in [0.2, 0.25) is 0 Å². The molecular formula is C94H74F3N5O17. The van der Waals surface area contributed by atoms with Gasteiger partial charge in [0, 0.05) is 144 Å². The third-order valence-corrected chi connectivity index (χ3v) is 19.3. The molecule has 119 heavy (non-hydrogen) atoms. The molecule has 5 aliphatic heterocycles. The van der Waals surface area contributed by atoms with Crippen LogP contribution in [0.2, 0.25) is 0 Å². The number of halogens is 3. The lowest BCUT2D eigenvalue weighted by molar-refractivity contribution is -0.137. The van der Waals surface area contributed by atoms with E-state index in [4.69, 9.17) is 9.47 Å². The van der Waals surface area contributed by atoms with Crippen LogP contribution in [-0.4, -0.2) is 100 Å². The Hall–Kier alpha value is -15.4. The van der Waals surface area contributed by atoms with Crippen LogP contribution in [0.15, 0.2) is 283 Å². The highest BCUT2D eigenvalue weighted by atomic mass is 19.4. The second-order valence-corrected chi connectivity index (χ2v) is 27.5. The highest BCUT2D eigenvalue weighted by Gasteiger charge is 2.32. The first kappa shape index (κ1) is 84.5. The lowest BCUT2D eigenvalue weighted by atomic mass is 9.94. The molecule has 0 aromatic heterocycles. The highest BCUT2D eigenvalue weighted by molar-refractivity contribution is 6.19. The van der Waals surface area contributed by atoms with E-state index in [1.165, 1.54) is 45.1 Å². The first-order valence-corrected chi connectivity index (χ1v) is 36.8. The van der Waals surface area contributed by atoms with Gasteiger partial charge in [-0.1, -0.05) is 121 Å². The van der Waals surface area contributed by atoms with Gasteiger partial charge in [-0.3, -0.25) is 62.3 Å². The zero-order chi connectivity index (χ0) is 85.4. The van der Waals surface area contributed by atoms with Gasteiger partial charge in [0.05, 0.1) is 19.8 Å². The standard InChI is InChI=1S/C20H14F3NO3.C20H17NO4.C19H15NO3.C18H15NO4.C17H13NO3/c1-11(25)13-2-3-14-8-15(19(27)24-17(14)9-13)10-18(26)12-4-6-16(7-5-12)20(21,22)23;1-12(22)14-3-4-15-9-16(20(24)21-18(15)10-14)11-19(23)13-5-7-17(25-2)8-6-13;1-12(21)14-7-8-15-9-16(19(23)20-17(15)10-14)11-18(22)13-5-3-2-4-6-13;1-23-13-7-5-11(6-8-13)17(21)10-12-9-14-15(19-18(12)22)3-2-4-16(14)20;19-15-8-4-7-14-13(15)9-12(17(21)18-14)10-16(20)11-5-2-1-3-6-11/h2-7,9-10H,8H2,1H3,(H,24,27);3-8,10-11H,9H2,1-2H3,(H,21,24);2-8,10-11H,9H2,1H3,(H,20,23);2-8,10,20H,9H2,1H3,(H,19,22);1-8,10,19H,9H2,(H,18,21)/b15-10+;2*16-11+;2*12-10+. The minimum atomic E-state index is -4.48. The van der Waals surface area contributed by atoms with Crippen molar-refractivity contribution >= 4 is 104 Å². The Morgan fingerprint density at radius 1 is 0.311 bits per heavy atom. The van der Waals surface area contributed by atoms with Crippen molar-refractivity contribution in [3.8, 4) is 23.0 Å². The Morgan fingerprint density at radius 2 is 0.563 bits per heavy atom. The van der Waals surface area contributed by atoms with Crippen molar-refractivity contribution < 1.29 is 95.2 Å². The van der Waals surface area contributed by atoms with E-state index in [0.29, 0.717) is 125 Å². The molecule has 0 saturated heterocycles. The number of methoxy groups -OCH3 is 2. The number of hydrogen-bond donors (Lipinski definition) is 7. The first-order valence-electron chi connectivity index (χ1n) is 36.8. The van der Waals surface area contributed by atoms with Crippen molar-refractivity contribution in [2.45, 2.75) is 59.1 Å². The molecule has 0 unspecified atom stereocenters. The van der Waals surface area contributed by atoms with Gasteiger partial charge in [-0.05, 0) is 171 Å². The molecule has 0 atom stereocenters. The predicted octanol–water partition coefficient (Wildman–Crippen LogP) is 16.0. The summed E-state index contributed by atoms with van der Waals surface area (Å²) in [6.45, 7) is 4.38. The number of ether oxygens (including phenoxy) is 2. The molecule has 0 radical (unpaired) electrons. The summed E-state index contributed by atoms with van der Waals surface area (Å²) in [6.07, 6.45) is 3.40. The summed E-state index contributed by atoms with van der Waals surface area (Å²) in [7, 11) is 3.11. The maximum Gasteiger partial charge on any atom is 0.416 e. The molecule has 0 spiro atoms. The van der Waals surface area contributed by atoms with Crippen molar-refractivity contribution in [2.75, 3.05) is 40.8 Å². The fourth-order valence-corrected chi connectivity index (χ4v) is 12.7. The van der Waals surface area contributed by atoms with Crippen LogP contribution in [0.1, 0.15) is 137 Å². The number of anilines is 5. The van der Waals surface area contributed by atoms with Crippen LogP contribution in [0.5, 0.6) is 23.0 Å². The summed E-state index contributed by atoms with van der Waals surface area (Å²) >= 11 is 0. The van der Waals surface area contributed by atoms with E-state index in [1.54, 1.807) is 196 Å². The van der Waals surface area contributed by atoms with E-state index in [2.05, 4.69) is 26.6 Å². The SMILES string of the molecule is CC(=O)c1ccc2c(c1)NC(=O)/C(=C/C(=O)c1ccc(C(F)(F)F)cc1)C2.CC(=O)c1ccc2c(c1)NC(=O)/C(=C/C(=O)c1ccccc1)C2.COc1ccc(C(=O)/C=C2\Cc3c(O)cccc3NC2=O)cc1.COc1ccc(C(=O)/C=C2\Cc3ccc(C(C)=O)cc3NC2=O)cc1.O=C1Nc2cccc(O)c2C/C1=C\C(=O)c1ccccc1. The number of fused-ring (bicyclic) bond motifs is 5. The number of carbonyl (C=O) groups is 13. The zero-order valence-electron chi connectivity index (χ0n) is 64.4. The van der Waals surface area contributed by atoms with Crippen LogP contribution in [0.4, 0.5) is 41.6 Å². The van der Waals surface area contributed by atoms with E-state index in [-0.39, 0.29) is 106 Å². The Morgan fingerprint density at radius 3 is 0.832 bits per heavy atom. The Balaban J connectivity index is 0.000000146. The highest BCUT2D eigenvalue weighted by Crippen LogP contribution is 2.36. The summed E-state index contributed by atoms with van der Waals surface area (Å²) in [5, 5.41) is 33.2. The van der Waals surface area contributed by atoms with Gasteiger partial charge < -0.3 is 46.3 Å². The number of phenolic OH excluding ortho intramolecular Hbond substituents is 2. The van der Waals surface area contributed by atoms with Crippen molar-refractivity contribution in [1.29, 1.82) is 0 Å². The number of rotatable bonds is 15. The second-order valence-electron chi connectivity index (χ2n) is 27.5. The number of nitrogens with one attached hydrogen (secondary N) is 5. The number of amides is 5. The van der Waals surface area contributed by atoms with E-state index < -0.39 is 23.4 Å². The molecule has 0 saturated carbocycles. The monoisotopic (exact) mass is 1600 g/mol. The number of ketones is 8. The predicted molar refractivity (Wildman–Crippen MR) is 440 cm³/mol. The van der Waals surface area contributed by atoms with E-state index >= 15 is 0 Å². The number of aromatic hydroxyl groups is 2. The molecule has 5 amide bonds. The summed E-state index contributed by atoms with van der Waals surface area (Å²) in [6, 6.07) is 60.0. The average Bonchev–Trinajstić information content (AvgIpc) is 0.827. The molecule has 0 bridgehead atoms. The minimum absolute atomic E-state index is 0.0531. The molecule has 5 aliphatic rings. The van der Waals surface area contributed by atoms with Crippen molar-refractivity contribution in [3.63, 3.8) is 0 Å². The number of alkyl halides is 3. The molecule has 0 fully saturated rings. The average molecular weight is 1600 g/mol. The third-order valence-electron chi connectivity index (χ3n) is 19.3. The van der Waals surface area contributed by atoms with Crippen LogP contribution in [0, 0.1) is 0 Å². The van der Waals surface area contributed by atoms with Crippen molar-refractivity contribution in [1.82, 2.24) is 0 Å². The lowest BCUT2D eigenvalue weighted by Crippen LogP contribution is -2.23. The number of allylic oxidation sites excluding steroid dienone is 5. The number of phenols is 2. The normalized spacial score (nSPS) is 15.1. The summed E-state index contributed by atoms with van der Waals surface area (Å²) in [4.78, 5) is 156. The van der Waals surface area contributed by atoms with Gasteiger partial charge in [0.15, 0.2) is 46.3 Å². The molecular weight excluding hydrogens is 1530 g/mol. The van der Waals surface area contributed by atoms with Crippen LogP contribution >= 0.6 is 0 Å². The maximum atomic E-state index is 12.6. The Labute approximate surface area is 679 Å². The van der Waals surface area contributed by atoms with Gasteiger partial charge in [-0.25, -0.2) is 0 Å². The molecule has 5 heterocycles. The van der Waals surface area contributed by atoms with Gasteiger partial charge in [-0.2, -0.15) is 13.2 Å². The van der Waals surface area contributed by atoms with Crippen LogP contribution in [-0.2, 0) is 62.3 Å². The van der Waals surface area contributed by atoms with E-state index in [1.807, 2.05) is 18.2 Å². The topological polar surface area (TPSA) is 341 Å². The van der Waals surface area contributed by atoms with Gasteiger partial charge >= 0.3 is 6.18 Å². The maximum absolute atomic E-state index is 12.6. The van der Waals surface area contributed by atoms with Crippen molar-refractivity contribution in [2.24, 2.45) is 0 Å². The van der Waals surface area contributed by atoms with Gasteiger partial charge in [-0.15, -0.1) is 0 Å². The minimum Gasteiger partial charge on any atom is -0.508 e. The first-order chi connectivity index (χ1) is 56.9. The summed E-state index contributed by atoms with van der Waals surface area (Å²) < 4.78 is 47.9. The lowest BCUT2D eigenvalue weighted by Gasteiger charge is -2.19. The number of benzene rings is 10. The molecule has 10 aromatic rings. The summed E-state index contributed by atoms with van der Waals surface area (Å²) in [5.74, 6) is -1.94. The van der Waals surface area contributed by atoms with Crippen LogP contribution in [0.3, 0.4) is 0 Å². The largest absolute Gasteiger partial charge is 0.508 e. The Bertz CT molecular complexity index is 5940. The fraction of sp³-hybridized carbons (Fsp3) is 0.117. The van der Waals surface area contributed by atoms with Crippen molar-refractivity contribution in [3.05, 3.63) is 361 Å². The molecule has 598 valence electrons. The molecule has 15 rings (SSSR count). The molecule has 7 N–H and O–H groups in total. The summed E-state index contributed by atoms with van der Waals surface area (Å²) in [5.41, 5.74) is 11.1. The molecule has 25 heteroatoms. The number of hydrogen-bond acceptors (Lipinski definition) is 17. The second kappa shape index (κ2) is 37.7. The Kier molecular flexibility index (Phi) is 26.8. The fourth-order valence-electron chi connectivity index (χ4n) is 12.7. The van der Waals surface area contributed by atoms with Crippen LogP contribution in [0.25, 0.3) is 0 Å². The van der Waals surface area contributed by atoms with E-state index in [0.717, 1.165) is 47.0 Å². The zero-order valence-corrected chi connectivity index (χ0v) is 64.4. The van der Waals surface area contributed by atoms with Gasteiger partial charge in [0.1, 0.15) is 23.0 Å². The smallest absolute Gasteiger partial charge is 0.416 e. The molecule has 10 aromatic carbocycles. The van der Waals surface area contributed by atoms with Crippen LogP contribution < -0.4 is 36.1 Å². The van der Waals surface area contributed by atoms with E-state index in [9.17, 15) is 85.7 Å². The quantitative estimate of drug-likeness (QED) is 0.0370. The number of carbonyl (C=O) groups excluding carboxylic acids is 13. The van der Waals surface area contributed by atoms with Gasteiger partial charge in [0.25, 0.3) is 29.5 Å². The third kappa shape index (κ3) is 21.5.